The number of thiol groups is 1. The molecule has 29 heavy (non-hydrogen) atoms. The number of nitrogens with one attached hydrogen (secondary N) is 3. The molecular formula is C15H25N5O8S. The summed E-state index contributed by atoms with van der Waals surface area (Å²) in [6.45, 7) is -0.722. The SMILES string of the molecule is NC(=O)CCC(N)C(=O)NC(CS)C(=O)NC(CCC(=O)O)C(=O)NCC(=O)O. The van der Waals surface area contributed by atoms with Crippen molar-refractivity contribution < 1.29 is 39.0 Å². The minimum absolute atomic E-state index is 0.0408. The van der Waals surface area contributed by atoms with Crippen LogP contribution in [0.2, 0.25) is 0 Å². The van der Waals surface area contributed by atoms with E-state index in [4.69, 9.17) is 21.7 Å². The van der Waals surface area contributed by atoms with Crippen molar-refractivity contribution >= 4 is 48.2 Å². The molecule has 164 valence electrons. The van der Waals surface area contributed by atoms with Gasteiger partial charge in [-0.3, -0.25) is 28.8 Å². The number of carbonyl (C=O) groups is 6. The summed E-state index contributed by atoms with van der Waals surface area (Å²) in [6, 6.07) is -3.68. The third-order valence-corrected chi connectivity index (χ3v) is 3.91. The summed E-state index contributed by atoms with van der Waals surface area (Å²) in [5.74, 6) is -5.88. The third-order valence-electron chi connectivity index (χ3n) is 3.55. The first-order chi connectivity index (χ1) is 13.5. The van der Waals surface area contributed by atoms with Crippen LogP contribution in [0.3, 0.4) is 0 Å². The predicted molar refractivity (Wildman–Crippen MR) is 102 cm³/mol. The summed E-state index contributed by atoms with van der Waals surface area (Å²) in [5.41, 5.74) is 10.6. The van der Waals surface area contributed by atoms with Gasteiger partial charge in [-0.05, 0) is 12.8 Å². The number of carboxylic acids is 2. The minimum atomic E-state index is -1.35. The highest BCUT2D eigenvalue weighted by atomic mass is 32.1. The molecule has 0 heterocycles. The summed E-state index contributed by atoms with van der Waals surface area (Å²) in [7, 11) is 0. The molecule has 0 aromatic rings. The van der Waals surface area contributed by atoms with Gasteiger partial charge in [-0.25, -0.2) is 0 Å². The number of carboxylic acid groups (broad SMARTS) is 2. The Bertz CT molecular complexity index is 644. The van der Waals surface area contributed by atoms with Crippen LogP contribution in [0, 0.1) is 0 Å². The van der Waals surface area contributed by atoms with E-state index in [9.17, 15) is 28.8 Å². The van der Waals surface area contributed by atoms with E-state index in [0.717, 1.165) is 0 Å². The number of amides is 4. The normalized spacial score (nSPS) is 13.4. The first-order valence-electron chi connectivity index (χ1n) is 8.44. The molecule has 0 spiro atoms. The maximum atomic E-state index is 12.4. The number of nitrogens with two attached hydrogens (primary N) is 2. The molecule has 0 bridgehead atoms. The monoisotopic (exact) mass is 435 g/mol. The van der Waals surface area contributed by atoms with Gasteiger partial charge in [0.2, 0.25) is 23.6 Å². The molecule has 14 heteroatoms. The van der Waals surface area contributed by atoms with Crippen LogP contribution in [0.4, 0.5) is 0 Å². The Balaban J connectivity index is 4.99. The summed E-state index contributed by atoms with van der Waals surface area (Å²) in [6.07, 6.45) is -0.951. The fourth-order valence-electron chi connectivity index (χ4n) is 2.00. The smallest absolute Gasteiger partial charge is 0.322 e. The molecule has 3 atom stereocenters. The lowest BCUT2D eigenvalue weighted by molar-refractivity contribution is -0.140. The van der Waals surface area contributed by atoms with E-state index < -0.39 is 66.7 Å². The van der Waals surface area contributed by atoms with Crippen molar-refractivity contribution in [2.75, 3.05) is 12.3 Å². The van der Waals surface area contributed by atoms with Gasteiger partial charge in [0.25, 0.3) is 0 Å². The Morgan fingerprint density at radius 2 is 1.41 bits per heavy atom. The Morgan fingerprint density at radius 3 is 1.90 bits per heavy atom. The van der Waals surface area contributed by atoms with E-state index in [-0.39, 0.29) is 25.0 Å². The molecule has 0 radical (unpaired) electrons. The molecule has 0 saturated heterocycles. The number of primary amides is 1. The van der Waals surface area contributed by atoms with Gasteiger partial charge in [0.05, 0.1) is 6.04 Å². The molecule has 0 aliphatic rings. The molecule has 13 nitrogen and oxygen atoms in total. The van der Waals surface area contributed by atoms with Crippen LogP contribution in [0.5, 0.6) is 0 Å². The standard InChI is InChI=1S/C15H25N5O8S/c16-7(1-3-10(17)21)13(26)20-9(6-29)15(28)19-8(2-4-11(22)23)14(27)18-5-12(24)25/h7-9,29H,1-6,16H2,(H2,17,21)(H,18,27)(H,19,28)(H,20,26)(H,22,23)(H,24,25). The lowest BCUT2D eigenvalue weighted by atomic mass is 10.1. The highest BCUT2D eigenvalue weighted by Crippen LogP contribution is 2.01. The highest BCUT2D eigenvalue weighted by Gasteiger charge is 2.28. The van der Waals surface area contributed by atoms with Crippen LogP contribution in [0.15, 0.2) is 0 Å². The fraction of sp³-hybridized carbons (Fsp3) is 0.600. The molecule has 4 amide bonds. The Kier molecular flexibility index (Phi) is 12.0. The average molecular weight is 435 g/mol. The second-order valence-corrected chi connectivity index (χ2v) is 6.33. The lowest BCUT2D eigenvalue weighted by Gasteiger charge is -2.22. The second kappa shape index (κ2) is 13.3. The summed E-state index contributed by atoms with van der Waals surface area (Å²) < 4.78 is 0. The lowest BCUT2D eigenvalue weighted by Crippen LogP contribution is -2.56. The van der Waals surface area contributed by atoms with Crippen LogP contribution in [-0.4, -0.2) is 76.2 Å². The van der Waals surface area contributed by atoms with Crippen molar-refractivity contribution in [1.82, 2.24) is 16.0 Å². The molecule has 3 unspecified atom stereocenters. The number of rotatable bonds is 14. The number of hydrogen-bond acceptors (Lipinski definition) is 8. The molecular weight excluding hydrogens is 410 g/mol. The maximum Gasteiger partial charge on any atom is 0.322 e. The van der Waals surface area contributed by atoms with Crippen LogP contribution >= 0.6 is 12.6 Å². The molecule has 0 aliphatic carbocycles. The molecule has 0 aromatic carbocycles. The fourth-order valence-corrected chi connectivity index (χ4v) is 2.25. The highest BCUT2D eigenvalue weighted by molar-refractivity contribution is 7.80. The van der Waals surface area contributed by atoms with E-state index in [1.165, 1.54) is 0 Å². The van der Waals surface area contributed by atoms with Gasteiger partial charge in [0.1, 0.15) is 18.6 Å². The van der Waals surface area contributed by atoms with Crippen LogP contribution in [-0.2, 0) is 28.8 Å². The van der Waals surface area contributed by atoms with Crippen molar-refractivity contribution in [2.45, 2.75) is 43.8 Å². The van der Waals surface area contributed by atoms with Crippen molar-refractivity contribution in [3.05, 3.63) is 0 Å². The zero-order chi connectivity index (χ0) is 22.6. The quantitative estimate of drug-likeness (QED) is 0.127. The van der Waals surface area contributed by atoms with E-state index in [2.05, 4.69) is 23.3 Å². The zero-order valence-corrected chi connectivity index (χ0v) is 16.3. The molecule has 0 aromatic heterocycles. The first kappa shape index (κ1) is 26.1. The minimum Gasteiger partial charge on any atom is -0.481 e. The number of hydrogen-bond donors (Lipinski definition) is 8. The summed E-state index contributed by atoms with van der Waals surface area (Å²) in [5, 5.41) is 24.0. The van der Waals surface area contributed by atoms with Gasteiger partial charge in [-0.1, -0.05) is 0 Å². The predicted octanol–water partition coefficient (Wildman–Crippen LogP) is -3.46. The molecule has 0 rings (SSSR count). The van der Waals surface area contributed by atoms with Crippen molar-refractivity contribution in [1.29, 1.82) is 0 Å². The van der Waals surface area contributed by atoms with Crippen molar-refractivity contribution in [3.8, 4) is 0 Å². The number of aliphatic carboxylic acids is 2. The third kappa shape index (κ3) is 11.5. The molecule has 0 aliphatic heterocycles. The van der Waals surface area contributed by atoms with Gasteiger partial charge in [0, 0.05) is 18.6 Å². The van der Waals surface area contributed by atoms with Gasteiger partial charge in [-0.2, -0.15) is 12.6 Å². The largest absolute Gasteiger partial charge is 0.481 e. The zero-order valence-electron chi connectivity index (χ0n) is 15.4. The second-order valence-electron chi connectivity index (χ2n) is 5.96. The van der Waals surface area contributed by atoms with Crippen LogP contribution in [0.1, 0.15) is 25.7 Å². The Hall–Kier alpha value is -2.87. The average Bonchev–Trinajstić information content (AvgIpc) is 2.64. The molecule has 0 saturated carbocycles. The molecule has 0 fully saturated rings. The van der Waals surface area contributed by atoms with Gasteiger partial charge < -0.3 is 37.6 Å². The van der Waals surface area contributed by atoms with E-state index in [1.807, 2.05) is 5.32 Å². The van der Waals surface area contributed by atoms with Crippen LogP contribution in [0.25, 0.3) is 0 Å². The summed E-state index contributed by atoms with van der Waals surface area (Å²) in [4.78, 5) is 68.5. The van der Waals surface area contributed by atoms with Gasteiger partial charge in [0.15, 0.2) is 0 Å². The van der Waals surface area contributed by atoms with Crippen molar-refractivity contribution in [3.63, 3.8) is 0 Å². The maximum absolute atomic E-state index is 12.4. The first-order valence-corrected chi connectivity index (χ1v) is 9.07. The van der Waals surface area contributed by atoms with E-state index in [0.29, 0.717) is 0 Å². The van der Waals surface area contributed by atoms with Crippen molar-refractivity contribution in [2.24, 2.45) is 11.5 Å². The molecule has 9 N–H and O–H groups in total. The Labute approximate surface area is 171 Å². The van der Waals surface area contributed by atoms with Gasteiger partial charge >= 0.3 is 11.9 Å². The van der Waals surface area contributed by atoms with Gasteiger partial charge in [-0.15, -0.1) is 0 Å². The van der Waals surface area contributed by atoms with E-state index >= 15 is 0 Å². The van der Waals surface area contributed by atoms with Crippen LogP contribution < -0.4 is 27.4 Å². The van der Waals surface area contributed by atoms with E-state index in [1.54, 1.807) is 0 Å². The topological polar surface area (TPSA) is 231 Å². The summed E-state index contributed by atoms with van der Waals surface area (Å²) >= 11 is 3.95. The Morgan fingerprint density at radius 1 is 0.828 bits per heavy atom. The number of carbonyl (C=O) groups excluding carboxylic acids is 4.